The minimum Gasteiger partial charge on any atom is -0.499 e. The Kier molecular flexibility index (Phi) is 4.39. The van der Waals surface area contributed by atoms with Crippen LogP contribution in [-0.4, -0.2) is 35.4 Å². The Labute approximate surface area is 101 Å². The van der Waals surface area contributed by atoms with Gasteiger partial charge >= 0.3 is 0 Å². The van der Waals surface area contributed by atoms with E-state index in [2.05, 4.69) is 39.3 Å². The molecule has 0 fully saturated rings. The summed E-state index contributed by atoms with van der Waals surface area (Å²) in [5, 5.41) is 0. The van der Waals surface area contributed by atoms with Gasteiger partial charge in [0.2, 0.25) is 0 Å². The first-order valence-corrected chi connectivity index (χ1v) is 12.6. The van der Waals surface area contributed by atoms with E-state index in [1.807, 2.05) is 6.08 Å². The lowest BCUT2D eigenvalue weighted by Gasteiger charge is -2.36. The van der Waals surface area contributed by atoms with Gasteiger partial charge in [0, 0.05) is 0 Å². The van der Waals surface area contributed by atoms with Gasteiger partial charge in [0.25, 0.3) is 0 Å². The Morgan fingerprint density at radius 2 is 1.56 bits per heavy atom. The fraction of sp³-hybridized carbons (Fsp3) is 0.818. The van der Waals surface area contributed by atoms with Crippen LogP contribution in [0.3, 0.4) is 0 Å². The summed E-state index contributed by atoms with van der Waals surface area (Å²) in [7, 11) is -3.07. The van der Waals surface area contributed by atoms with E-state index in [1.165, 1.54) is 0 Å². The van der Waals surface area contributed by atoms with Crippen LogP contribution >= 0.6 is 0 Å². The van der Waals surface area contributed by atoms with Crippen LogP contribution in [0, 0.1) is 0 Å². The Morgan fingerprint density at radius 1 is 1.00 bits per heavy atom. The quantitative estimate of drug-likeness (QED) is 0.727. The molecule has 0 aliphatic carbocycles. The van der Waals surface area contributed by atoms with Gasteiger partial charge in [-0.3, -0.25) is 0 Å². The van der Waals surface area contributed by atoms with Crippen molar-refractivity contribution in [1.82, 2.24) is 0 Å². The van der Waals surface area contributed by atoms with Crippen LogP contribution in [0.15, 0.2) is 12.3 Å². The average Bonchev–Trinajstić information content (AvgIpc) is 2.03. The third-order valence-electron chi connectivity index (χ3n) is 1.99. The zero-order valence-electron chi connectivity index (χ0n) is 11.2. The molecule has 0 unspecified atom stereocenters. The molecule has 1 aliphatic heterocycles. The molecular formula is C11H24O3Si2. The van der Waals surface area contributed by atoms with Gasteiger partial charge in [0.15, 0.2) is 16.6 Å². The fourth-order valence-corrected chi connectivity index (χ4v) is 3.74. The summed E-state index contributed by atoms with van der Waals surface area (Å²) in [4.78, 5) is 0. The normalized spacial score (nSPS) is 26.6. The molecule has 94 valence electrons. The molecule has 0 N–H and O–H groups in total. The van der Waals surface area contributed by atoms with Crippen LogP contribution < -0.4 is 0 Å². The molecule has 3 nitrogen and oxygen atoms in total. The topological polar surface area (TPSA) is 27.7 Å². The van der Waals surface area contributed by atoms with E-state index in [0.717, 1.165) is 0 Å². The standard InChI is InChI=1S/C11H24O3Si2/c1-15(2,3)13-10-7-8-12-9-11(10)14-16(4,5)6/h7-8,10-11H,9H2,1-6H3/t10-,11+/m0/s1. The molecule has 1 heterocycles. The molecule has 0 saturated carbocycles. The van der Waals surface area contributed by atoms with Crippen molar-refractivity contribution in [3.63, 3.8) is 0 Å². The van der Waals surface area contributed by atoms with E-state index in [0.29, 0.717) is 6.61 Å². The first kappa shape index (κ1) is 14.0. The van der Waals surface area contributed by atoms with Crippen LogP contribution in [0.2, 0.25) is 39.3 Å². The molecule has 0 bridgehead atoms. The van der Waals surface area contributed by atoms with E-state index in [-0.39, 0.29) is 12.2 Å². The highest BCUT2D eigenvalue weighted by Gasteiger charge is 2.32. The predicted molar refractivity (Wildman–Crippen MR) is 71.5 cm³/mol. The van der Waals surface area contributed by atoms with Crippen molar-refractivity contribution < 1.29 is 13.6 Å². The summed E-state index contributed by atoms with van der Waals surface area (Å²) >= 11 is 0. The lowest BCUT2D eigenvalue weighted by molar-refractivity contribution is 0.00806. The van der Waals surface area contributed by atoms with E-state index in [4.69, 9.17) is 13.6 Å². The number of hydrogen-bond acceptors (Lipinski definition) is 3. The third-order valence-corrected chi connectivity index (χ3v) is 3.98. The van der Waals surface area contributed by atoms with Crippen LogP contribution in [-0.2, 0) is 13.6 Å². The highest BCUT2D eigenvalue weighted by molar-refractivity contribution is 6.70. The zero-order valence-corrected chi connectivity index (χ0v) is 13.2. The molecule has 1 rings (SSSR count). The molecule has 5 heteroatoms. The van der Waals surface area contributed by atoms with Crippen LogP contribution in [0.5, 0.6) is 0 Å². The van der Waals surface area contributed by atoms with Crippen molar-refractivity contribution in [1.29, 1.82) is 0 Å². The fourth-order valence-electron chi connectivity index (χ4n) is 1.58. The molecule has 0 saturated heterocycles. The molecule has 0 aromatic heterocycles. The van der Waals surface area contributed by atoms with E-state index >= 15 is 0 Å². The van der Waals surface area contributed by atoms with Crippen molar-refractivity contribution in [3.8, 4) is 0 Å². The number of ether oxygens (including phenoxy) is 1. The van der Waals surface area contributed by atoms with Crippen molar-refractivity contribution >= 4 is 16.6 Å². The Morgan fingerprint density at radius 3 is 2.06 bits per heavy atom. The molecule has 0 aromatic carbocycles. The van der Waals surface area contributed by atoms with E-state index < -0.39 is 16.6 Å². The summed E-state index contributed by atoms with van der Waals surface area (Å²) in [5.74, 6) is 0. The molecular weight excluding hydrogens is 236 g/mol. The molecule has 16 heavy (non-hydrogen) atoms. The van der Waals surface area contributed by atoms with Crippen molar-refractivity contribution in [2.24, 2.45) is 0 Å². The van der Waals surface area contributed by atoms with Gasteiger partial charge in [-0.1, -0.05) is 0 Å². The molecule has 0 radical (unpaired) electrons. The maximum absolute atomic E-state index is 6.11. The summed E-state index contributed by atoms with van der Waals surface area (Å²) in [5.41, 5.74) is 0. The largest absolute Gasteiger partial charge is 0.499 e. The summed E-state index contributed by atoms with van der Waals surface area (Å²) in [6, 6.07) is 0. The lowest BCUT2D eigenvalue weighted by Crippen LogP contribution is -2.47. The van der Waals surface area contributed by atoms with Crippen molar-refractivity contribution in [2.75, 3.05) is 6.61 Å². The second-order valence-corrected chi connectivity index (χ2v) is 15.0. The highest BCUT2D eigenvalue weighted by atomic mass is 28.4. The summed E-state index contributed by atoms with van der Waals surface area (Å²) in [6.45, 7) is 13.8. The predicted octanol–water partition coefficient (Wildman–Crippen LogP) is 2.97. The molecule has 2 atom stereocenters. The maximum atomic E-state index is 6.11. The molecule has 0 aromatic rings. The van der Waals surface area contributed by atoms with Gasteiger partial charge in [-0.15, -0.1) is 0 Å². The van der Waals surface area contributed by atoms with Crippen LogP contribution in [0.25, 0.3) is 0 Å². The van der Waals surface area contributed by atoms with Crippen molar-refractivity contribution in [2.45, 2.75) is 51.5 Å². The van der Waals surface area contributed by atoms with Gasteiger partial charge in [-0.05, 0) is 45.4 Å². The minimum absolute atomic E-state index is 0.0587. The first-order valence-electron chi connectivity index (χ1n) is 5.81. The summed E-state index contributed by atoms with van der Waals surface area (Å²) < 4.78 is 17.5. The van der Waals surface area contributed by atoms with Crippen LogP contribution in [0.1, 0.15) is 0 Å². The zero-order chi connectivity index (χ0) is 12.4. The highest BCUT2D eigenvalue weighted by Crippen LogP contribution is 2.20. The van der Waals surface area contributed by atoms with Gasteiger partial charge in [0.1, 0.15) is 12.7 Å². The second-order valence-electron chi connectivity index (χ2n) is 6.13. The Hall–Kier alpha value is -0.106. The lowest BCUT2D eigenvalue weighted by atomic mass is 10.2. The summed E-state index contributed by atoms with van der Waals surface area (Å²) in [6.07, 6.45) is 3.83. The SMILES string of the molecule is C[Si](C)(C)O[C@H]1C=COC[C@H]1O[Si](C)(C)C. The number of rotatable bonds is 4. The Bertz CT molecular complexity index is 253. The van der Waals surface area contributed by atoms with E-state index in [9.17, 15) is 0 Å². The van der Waals surface area contributed by atoms with Crippen molar-refractivity contribution in [3.05, 3.63) is 12.3 Å². The first-order chi connectivity index (χ1) is 7.17. The Balaban J connectivity index is 2.64. The van der Waals surface area contributed by atoms with Gasteiger partial charge in [0.05, 0.1) is 12.4 Å². The maximum Gasteiger partial charge on any atom is 0.184 e. The smallest absolute Gasteiger partial charge is 0.184 e. The monoisotopic (exact) mass is 260 g/mol. The molecule has 0 spiro atoms. The second kappa shape index (κ2) is 5.04. The van der Waals surface area contributed by atoms with E-state index in [1.54, 1.807) is 6.26 Å². The van der Waals surface area contributed by atoms with Gasteiger partial charge in [-0.2, -0.15) is 0 Å². The number of hydrogen-bond donors (Lipinski definition) is 0. The van der Waals surface area contributed by atoms with Crippen LogP contribution in [0.4, 0.5) is 0 Å². The minimum atomic E-state index is -1.54. The molecule has 0 amide bonds. The van der Waals surface area contributed by atoms with Gasteiger partial charge in [-0.25, -0.2) is 0 Å². The van der Waals surface area contributed by atoms with Gasteiger partial charge < -0.3 is 13.6 Å². The average molecular weight is 260 g/mol. The molecule has 1 aliphatic rings. The third kappa shape index (κ3) is 5.29.